The Morgan fingerprint density at radius 1 is 0.750 bits per heavy atom. The first kappa shape index (κ1) is 22.4. The highest BCUT2D eigenvalue weighted by Gasteiger charge is 2.59. The van der Waals surface area contributed by atoms with Crippen LogP contribution < -0.4 is 10.2 Å². The van der Waals surface area contributed by atoms with Gasteiger partial charge in [-0.3, -0.25) is 0 Å². The quantitative estimate of drug-likeness (QED) is 0.166. The van der Waals surface area contributed by atoms with Crippen molar-refractivity contribution in [3.05, 3.63) is 0 Å². The van der Waals surface area contributed by atoms with Crippen LogP contribution in [0.5, 0.6) is 0 Å². The molecule has 0 aromatic carbocycles. The van der Waals surface area contributed by atoms with Crippen molar-refractivity contribution in [1.29, 1.82) is 0 Å². The molecule has 2 N–H and O–H groups in total. The maximum Gasteiger partial charge on any atom is 0.354 e. The van der Waals surface area contributed by atoms with E-state index in [9.17, 15) is 49.4 Å². The number of quaternary nitrogens is 2. The van der Waals surface area contributed by atoms with Gasteiger partial charge in [-0.2, -0.15) is 0 Å². The number of hydrogen-bond donors (Lipinski definition) is 2. The number of likely N-dealkylation sites (tertiary alicyclic amines) is 2. The van der Waals surface area contributed by atoms with Crippen molar-refractivity contribution < 1.29 is 58.7 Å². The Kier molecular flexibility index (Phi) is 6.62. The van der Waals surface area contributed by atoms with Crippen LogP contribution in [0.2, 0.25) is 0 Å². The van der Waals surface area contributed by atoms with E-state index in [1.54, 1.807) is 0 Å². The minimum atomic E-state index is -1.84. The van der Waals surface area contributed by atoms with Crippen LogP contribution in [0.25, 0.3) is 0 Å². The molecule has 0 bridgehead atoms. The van der Waals surface area contributed by atoms with Crippen molar-refractivity contribution in [2.45, 2.75) is 49.3 Å². The van der Waals surface area contributed by atoms with E-state index in [0.29, 0.717) is 21.6 Å². The maximum atomic E-state index is 12.0. The third kappa shape index (κ3) is 3.97. The Bertz CT molecular complexity index is 660. The third-order valence-electron chi connectivity index (χ3n) is 4.42. The zero-order chi connectivity index (χ0) is 21.3. The standard InChI is InChI=1S/C14H16N2O10S2/c17-7-1-2-8(18)15(7,25)11(5-13(21)22)27-28-12(6-14(23)24)16(26)9(19)3-4-10(16)20/h11-12,25-26H,1-6H2. The summed E-state index contributed by atoms with van der Waals surface area (Å²) >= 11 is 0. The molecule has 2 fully saturated rings. The number of hydroxylamine groups is 6. The van der Waals surface area contributed by atoms with Gasteiger partial charge in [0.25, 0.3) is 0 Å². The normalized spacial score (nSPS) is 23.1. The van der Waals surface area contributed by atoms with Gasteiger partial charge in [0.15, 0.2) is 10.7 Å². The van der Waals surface area contributed by atoms with Gasteiger partial charge in [0.05, 0.1) is 38.5 Å². The molecule has 0 aromatic rings. The predicted octanol–water partition coefficient (Wildman–Crippen LogP) is -2.59. The minimum absolute atomic E-state index is 0.316. The summed E-state index contributed by atoms with van der Waals surface area (Å²) in [5.41, 5.74) is 0. The summed E-state index contributed by atoms with van der Waals surface area (Å²) in [5, 5.41) is 39.7. The number of hydrogen-bond acceptors (Lipinski definition) is 12. The van der Waals surface area contributed by atoms with Gasteiger partial charge in [-0.05, 0) is 30.9 Å². The van der Waals surface area contributed by atoms with Gasteiger partial charge in [0.1, 0.15) is 0 Å². The van der Waals surface area contributed by atoms with Crippen molar-refractivity contribution in [3.8, 4) is 0 Å². The van der Waals surface area contributed by atoms with Crippen molar-refractivity contribution in [1.82, 2.24) is 0 Å². The first-order valence-corrected chi connectivity index (χ1v) is 10.3. The van der Waals surface area contributed by atoms with Crippen LogP contribution in [-0.2, 0) is 28.8 Å². The Balaban J connectivity index is 2.29. The first-order valence-electron chi connectivity index (χ1n) is 8.02. The highest BCUT2D eigenvalue weighted by Crippen LogP contribution is 2.44. The lowest BCUT2D eigenvalue weighted by Crippen LogP contribution is -2.58. The molecule has 2 aliphatic rings. The Hall–Kier alpha value is -1.84. The molecular weight excluding hydrogens is 420 g/mol. The van der Waals surface area contributed by atoms with Crippen LogP contribution in [0.3, 0.4) is 0 Å². The molecule has 2 saturated heterocycles. The van der Waals surface area contributed by atoms with E-state index in [1.165, 1.54) is 0 Å². The average molecular weight is 436 g/mol. The Morgan fingerprint density at radius 2 is 1.00 bits per heavy atom. The highest BCUT2D eigenvalue weighted by molar-refractivity contribution is 8.77. The van der Waals surface area contributed by atoms with Crippen LogP contribution in [0.15, 0.2) is 0 Å². The first-order chi connectivity index (χ1) is 12.9. The number of amides is 4. The number of carboxylic acid groups (broad SMARTS) is 2. The summed E-state index contributed by atoms with van der Waals surface area (Å²) in [6.45, 7) is 0. The number of carbonyl (C=O) groups excluding carboxylic acids is 6. The summed E-state index contributed by atoms with van der Waals surface area (Å²) in [4.78, 5) is 69.9. The van der Waals surface area contributed by atoms with Crippen molar-refractivity contribution >= 4 is 57.2 Å². The number of carboxylic acids is 2. The number of imide groups is 2. The largest absolute Gasteiger partial charge is 0.550 e. The van der Waals surface area contributed by atoms with E-state index in [4.69, 9.17) is 0 Å². The van der Waals surface area contributed by atoms with Gasteiger partial charge in [-0.15, -0.1) is 0 Å². The fourth-order valence-electron chi connectivity index (χ4n) is 2.90. The topological polar surface area (TPSA) is 189 Å². The Morgan fingerprint density at radius 3 is 1.21 bits per heavy atom. The van der Waals surface area contributed by atoms with Crippen molar-refractivity contribution in [3.63, 3.8) is 0 Å². The van der Waals surface area contributed by atoms with E-state index in [0.717, 1.165) is 0 Å². The fraction of sp³-hybridized carbons (Fsp3) is 0.571. The van der Waals surface area contributed by atoms with Crippen LogP contribution in [0.1, 0.15) is 38.5 Å². The molecule has 2 aliphatic heterocycles. The molecule has 14 heteroatoms. The monoisotopic (exact) mass is 436 g/mol. The summed E-state index contributed by atoms with van der Waals surface area (Å²) < 4.78 is -3.67. The van der Waals surface area contributed by atoms with Crippen LogP contribution in [0, 0.1) is 0 Å². The molecule has 2 atom stereocenters. The molecule has 12 nitrogen and oxygen atoms in total. The second-order valence-corrected chi connectivity index (χ2v) is 8.83. The van der Waals surface area contributed by atoms with Crippen LogP contribution >= 0.6 is 21.6 Å². The van der Waals surface area contributed by atoms with Crippen molar-refractivity contribution in [2.75, 3.05) is 0 Å². The molecule has 0 spiro atoms. The number of nitrogens with zero attached hydrogens (tertiary/aromatic N) is 2. The molecule has 2 unspecified atom stereocenters. The van der Waals surface area contributed by atoms with Gasteiger partial charge in [0.2, 0.25) is 0 Å². The second-order valence-electron chi connectivity index (χ2n) is 6.20. The lowest BCUT2D eigenvalue weighted by molar-refractivity contribution is -0.979. The zero-order valence-electron chi connectivity index (χ0n) is 14.3. The average Bonchev–Trinajstić information content (AvgIpc) is 3.02. The number of rotatable bonds is 9. The molecule has 28 heavy (non-hydrogen) atoms. The summed E-state index contributed by atoms with van der Waals surface area (Å²) in [7, 11) is 0.796. The van der Waals surface area contributed by atoms with Crippen LogP contribution in [-0.4, -0.2) is 66.0 Å². The summed E-state index contributed by atoms with van der Waals surface area (Å²) in [5.74, 6) is -7.22. The molecule has 0 aliphatic carbocycles. The van der Waals surface area contributed by atoms with Gasteiger partial charge < -0.3 is 19.8 Å². The van der Waals surface area contributed by atoms with E-state index < -0.39 is 68.4 Å². The maximum absolute atomic E-state index is 12.0. The molecule has 0 aromatic heterocycles. The second kappa shape index (κ2) is 8.26. The fourth-order valence-corrected chi connectivity index (χ4v) is 6.21. The van der Waals surface area contributed by atoms with E-state index in [1.807, 2.05) is 0 Å². The summed E-state index contributed by atoms with van der Waals surface area (Å²) in [6, 6.07) is 0. The van der Waals surface area contributed by atoms with Crippen LogP contribution in [0.4, 0.5) is 0 Å². The lowest BCUT2D eigenvalue weighted by atomic mass is 10.4. The highest BCUT2D eigenvalue weighted by atomic mass is 33.1. The van der Waals surface area contributed by atoms with E-state index >= 15 is 0 Å². The van der Waals surface area contributed by atoms with E-state index in [2.05, 4.69) is 0 Å². The molecule has 0 saturated carbocycles. The molecule has 2 heterocycles. The molecule has 154 valence electrons. The number of carbonyl (C=O) groups is 6. The zero-order valence-corrected chi connectivity index (χ0v) is 15.9. The van der Waals surface area contributed by atoms with E-state index in [-0.39, 0.29) is 25.7 Å². The van der Waals surface area contributed by atoms with Crippen molar-refractivity contribution in [2.24, 2.45) is 0 Å². The van der Waals surface area contributed by atoms with Gasteiger partial charge in [-0.1, -0.05) is 0 Å². The van der Waals surface area contributed by atoms with Gasteiger partial charge >= 0.3 is 23.6 Å². The lowest BCUT2D eigenvalue weighted by Gasteiger charge is -2.32. The van der Waals surface area contributed by atoms with Gasteiger partial charge in [0, 0.05) is 11.9 Å². The summed E-state index contributed by atoms with van der Waals surface area (Å²) in [6.07, 6.45) is -3.19. The Labute approximate surface area is 165 Å². The minimum Gasteiger partial charge on any atom is -0.550 e. The predicted molar refractivity (Wildman–Crippen MR) is 84.6 cm³/mol. The smallest absolute Gasteiger partial charge is 0.354 e. The van der Waals surface area contributed by atoms with Gasteiger partial charge in [-0.25, -0.2) is 29.6 Å². The molecular formula is C14H16N2O10S2. The molecule has 0 radical (unpaired) electrons. The number of aliphatic carboxylic acids is 2. The SMILES string of the molecule is O=C([O-])CC(SSC(CC(=O)[O-])[N+]1(O)C(=O)CCC1=O)[N+]1(O)C(=O)CCC1=O. The molecule has 2 rings (SSSR count). The molecule has 4 amide bonds. The third-order valence-corrected chi connectivity index (χ3v) is 7.59.